The summed E-state index contributed by atoms with van der Waals surface area (Å²) in [6.45, 7) is 3.80. The quantitative estimate of drug-likeness (QED) is 0.276. The fourth-order valence-corrected chi connectivity index (χ4v) is 9.46. The summed E-state index contributed by atoms with van der Waals surface area (Å²) in [6, 6.07) is 0. The highest BCUT2D eigenvalue weighted by atomic mass is 16.6. The van der Waals surface area contributed by atoms with Gasteiger partial charge in [-0.25, -0.2) is 0 Å². The summed E-state index contributed by atoms with van der Waals surface area (Å²) in [7, 11) is 0. The maximum absolute atomic E-state index is 12.6. The average Bonchev–Trinajstić information content (AvgIpc) is 3.22. The highest BCUT2D eigenvalue weighted by Gasteiger charge is 2.68. The molecule has 0 aromatic rings. The number of aliphatic hydroxyl groups is 3. The monoisotopic (exact) mass is 574 g/mol. The van der Waals surface area contributed by atoms with Crippen molar-refractivity contribution in [3.05, 3.63) is 11.6 Å². The predicted octanol–water partition coefficient (Wildman–Crippen LogP) is 2.59. The van der Waals surface area contributed by atoms with Crippen LogP contribution in [0.1, 0.15) is 84.5 Å². The third-order valence-corrected chi connectivity index (χ3v) is 11.8. The molecule has 41 heavy (non-hydrogen) atoms. The second-order valence-corrected chi connectivity index (χ2v) is 13.8. The van der Waals surface area contributed by atoms with Crippen molar-refractivity contribution in [2.24, 2.45) is 45.6 Å². The number of ketones is 1. The molecule has 0 aromatic heterocycles. The molecule has 0 saturated heterocycles. The molecular formula is C31H46N2O8. The third-order valence-electron chi connectivity index (χ3n) is 11.8. The van der Waals surface area contributed by atoms with Gasteiger partial charge in [-0.05, 0) is 106 Å². The van der Waals surface area contributed by atoms with E-state index in [0.717, 1.165) is 37.8 Å². The van der Waals surface area contributed by atoms with Crippen LogP contribution in [0.3, 0.4) is 0 Å². The normalized spacial score (nSPS) is 42.9. The summed E-state index contributed by atoms with van der Waals surface area (Å²) in [5.74, 6) is -1.18. The first-order valence-electron chi connectivity index (χ1n) is 15.4. The summed E-state index contributed by atoms with van der Waals surface area (Å²) in [5, 5.41) is 48.7. The molecule has 4 saturated carbocycles. The standard InChI is InChI=1S/C31H46N2O8/c1-29-11-9-21(33-41-17-26(37)32-15-18-3-5-19(6-4-18)28(38)39)13-20(29)7-8-22-23-10-12-31(40,25(36)16-34)30(23,2)14-24(35)27(22)29/h13,18-19,22-24,27,34-35,40H,3-12,14-17H2,1-2H3,(H,32,37)(H,38,39)/b33-21+/t18?,19?,22-,23+,24-,27-,29-,30-,31-/m0/s1. The number of amides is 1. The summed E-state index contributed by atoms with van der Waals surface area (Å²) in [5.41, 5.74) is -0.545. The number of aliphatic carboxylic acids is 1. The van der Waals surface area contributed by atoms with Gasteiger partial charge in [0.25, 0.3) is 5.91 Å². The molecule has 5 rings (SSSR count). The van der Waals surface area contributed by atoms with Crippen LogP contribution in [0.2, 0.25) is 0 Å². The fourth-order valence-electron chi connectivity index (χ4n) is 9.46. The minimum Gasteiger partial charge on any atom is -0.481 e. The van der Waals surface area contributed by atoms with Gasteiger partial charge in [-0.15, -0.1) is 0 Å². The number of hydrogen-bond acceptors (Lipinski definition) is 8. The average molecular weight is 575 g/mol. The van der Waals surface area contributed by atoms with Crippen LogP contribution in [-0.4, -0.2) is 75.3 Å². The van der Waals surface area contributed by atoms with E-state index in [9.17, 15) is 29.7 Å². The number of carbonyl (C=O) groups excluding carboxylic acids is 2. The molecule has 5 aliphatic carbocycles. The molecule has 0 unspecified atom stereocenters. The number of carboxylic acid groups (broad SMARTS) is 1. The lowest BCUT2D eigenvalue weighted by Crippen LogP contribution is -2.62. The molecule has 10 nitrogen and oxygen atoms in total. The zero-order chi connectivity index (χ0) is 29.6. The van der Waals surface area contributed by atoms with Gasteiger partial charge in [-0.3, -0.25) is 14.4 Å². The number of fused-ring (bicyclic) bond motifs is 5. The van der Waals surface area contributed by atoms with Gasteiger partial charge in [0.1, 0.15) is 12.2 Å². The largest absolute Gasteiger partial charge is 0.481 e. The highest BCUT2D eigenvalue weighted by molar-refractivity contribution is 5.96. The second-order valence-electron chi connectivity index (χ2n) is 13.8. The van der Waals surface area contributed by atoms with Crippen molar-refractivity contribution in [2.75, 3.05) is 19.8 Å². The number of carbonyl (C=O) groups is 3. The van der Waals surface area contributed by atoms with Gasteiger partial charge in [0.2, 0.25) is 0 Å². The number of allylic oxidation sites excluding steroid dienone is 2. The van der Waals surface area contributed by atoms with Crippen molar-refractivity contribution >= 4 is 23.4 Å². The lowest BCUT2D eigenvalue weighted by atomic mass is 9.45. The molecule has 0 heterocycles. The Kier molecular flexibility index (Phi) is 8.40. The molecule has 4 fully saturated rings. The maximum atomic E-state index is 12.6. The number of oxime groups is 1. The van der Waals surface area contributed by atoms with E-state index in [1.807, 2.05) is 6.92 Å². The summed E-state index contributed by atoms with van der Waals surface area (Å²) >= 11 is 0. The molecular weight excluding hydrogens is 528 g/mol. The van der Waals surface area contributed by atoms with Crippen LogP contribution in [0.5, 0.6) is 0 Å². The molecule has 0 bridgehead atoms. The Morgan fingerprint density at radius 2 is 1.80 bits per heavy atom. The van der Waals surface area contributed by atoms with Crippen LogP contribution in [0.15, 0.2) is 16.8 Å². The van der Waals surface area contributed by atoms with Gasteiger partial charge >= 0.3 is 5.97 Å². The molecule has 228 valence electrons. The second kappa shape index (κ2) is 11.4. The Morgan fingerprint density at radius 3 is 2.49 bits per heavy atom. The number of rotatable bonds is 8. The van der Waals surface area contributed by atoms with E-state index in [-0.39, 0.29) is 47.5 Å². The lowest BCUT2D eigenvalue weighted by molar-refractivity contribution is -0.181. The predicted molar refractivity (Wildman–Crippen MR) is 150 cm³/mol. The first kappa shape index (κ1) is 30.2. The Labute approximate surface area is 241 Å². The van der Waals surface area contributed by atoms with Gasteiger partial charge in [0, 0.05) is 12.0 Å². The van der Waals surface area contributed by atoms with E-state index in [0.29, 0.717) is 45.1 Å². The van der Waals surface area contributed by atoms with Crippen molar-refractivity contribution in [1.82, 2.24) is 5.32 Å². The van der Waals surface area contributed by atoms with E-state index < -0.39 is 35.5 Å². The number of nitrogens with one attached hydrogen (secondary N) is 1. The van der Waals surface area contributed by atoms with E-state index >= 15 is 0 Å². The zero-order valence-corrected chi connectivity index (χ0v) is 24.3. The minimum atomic E-state index is -1.59. The minimum absolute atomic E-state index is 0.0194. The number of aliphatic hydroxyl groups excluding tert-OH is 2. The first-order chi connectivity index (χ1) is 19.4. The maximum Gasteiger partial charge on any atom is 0.306 e. The molecule has 0 aliphatic heterocycles. The molecule has 0 spiro atoms. The van der Waals surface area contributed by atoms with Crippen molar-refractivity contribution in [3.63, 3.8) is 0 Å². The smallest absolute Gasteiger partial charge is 0.306 e. The molecule has 5 N–H and O–H groups in total. The number of carboxylic acids is 1. The third kappa shape index (κ3) is 5.25. The van der Waals surface area contributed by atoms with Crippen LogP contribution in [-0.2, 0) is 19.2 Å². The number of nitrogens with zero attached hydrogens (tertiary/aromatic N) is 1. The van der Waals surface area contributed by atoms with Gasteiger partial charge in [-0.1, -0.05) is 24.6 Å². The van der Waals surface area contributed by atoms with E-state index in [1.54, 1.807) is 0 Å². The van der Waals surface area contributed by atoms with Crippen LogP contribution >= 0.6 is 0 Å². The first-order valence-corrected chi connectivity index (χ1v) is 15.4. The van der Waals surface area contributed by atoms with Crippen LogP contribution in [0, 0.1) is 40.4 Å². The van der Waals surface area contributed by atoms with Crippen LogP contribution < -0.4 is 5.32 Å². The van der Waals surface area contributed by atoms with Gasteiger partial charge in [-0.2, -0.15) is 0 Å². The summed E-state index contributed by atoms with van der Waals surface area (Å²) < 4.78 is 0. The highest BCUT2D eigenvalue weighted by Crippen LogP contribution is 2.67. The molecule has 5 aliphatic rings. The summed E-state index contributed by atoms with van der Waals surface area (Å²) in [6.07, 6.45) is 8.85. The van der Waals surface area contributed by atoms with Crippen LogP contribution in [0.25, 0.3) is 0 Å². The zero-order valence-electron chi connectivity index (χ0n) is 24.3. The number of Topliss-reactive ketones (excluding diaryl/α,β-unsaturated/α-hetero) is 1. The lowest BCUT2D eigenvalue weighted by Gasteiger charge is -2.60. The van der Waals surface area contributed by atoms with Crippen molar-refractivity contribution in [1.29, 1.82) is 0 Å². The van der Waals surface area contributed by atoms with E-state index in [1.165, 1.54) is 5.57 Å². The topological polar surface area (TPSA) is 166 Å². The van der Waals surface area contributed by atoms with E-state index in [4.69, 9.17) is 9.94 Å². The van der Waals surface area contributed by atoms with Crippen LogP contribution in [0.4, 0.5) is 0 Å². The number of hydrogen-bond donors (Lipinski definition) is 5. The van der Waals surface area contributed by atoms with Gasteiger partial charge in [0.05, 0.1) is 17.7 Å². The van der Waals surface area contributed by atoms with Gasteiger partial charge < -0.3 is 30.6 Å². The molecule has 0 aromatic carbocycles. The Bertz CT molecular complexity index is 1110. The molecule has 7 atom stereocenters. The van der Waals surface area contributed by atoms with Crippen molar-refractivity contribution in [2.45, 2.75) is 96.2 Å². The molecule has 1 amide bonds. The van der Waals surface area contributed by atoms with E-state index in [2.05, 4.69) is 23.5 Å². The molecule has 0 radical (unpaired) electrons. The fraction of sp³-hybridized carbons (Fsp3) is 0.806. The Balaban J connectivity index is 1.17. The molecule has 10 heteroatoms. The van der Waals surface area contributed by atoms with Gasteiger partial charge in [0.15, 0.2) is 12.4 Å². The Morgan fingerprint density at radius 1 is 1.07 bits per heavy atom. The Hall–Kier alpha value is -2.30. The van der Waals surface area contributed by atoms with Crippen molar-refractivity contribution < 1.29 is 39.6 Å². The summed E-state index contributed by atoms with van der Waals surface area (Å²) in [4.78, 5) is 41.4. The van der Waals surface area contributed by atoms with Crippen molar-refractivity contribution in [3.8, 4) is 0 Å². The SMILES string of the molecule is C[C@]12CC/C(=N\OCC(=O)NCC3CCC(C(=O)O)CC3)C=C1CC[C@@H]1[C@H]2[C@@H](O)C[C@@]2(C)[C@@H]1CC[C@]2(O)C(=O)CO.